The fourth-order valence-corrected chi connectivity index (χ4v) is 3.31. The van der Waals surface area contributed by atoms with E-state index in [9.17, 15) is 9.18 Å². The van der Waals surface area contributed by atoms with Crippen molar-refractivity contribution in [3.8, 4) is 0 Å². The van der Waals surface area contributed by atoms with Gasteiger partial charge in [0.2, 0.25) is 5.91 Å². The summed E-state index contributed by atoms with van der Waals surface area (Å²) in [7, 11) is 1.61. The SMILES string of the molecule is COCCN1C(=O)[C@H](C)S[C@H]1c1cccc(F)c1. The summed E-state index contributed by atoms with van der Waals surface area (Å²) in [6.45, 7) is 2.91. The quantitative estimate of drug-likeness (QED) is 0.841. The minimum atomic E-state index is -0.271. The lowest BCUT2D eigenvalue weighted by atomic mass is 10.2. The molecular formula is C13H16FNO2S. The molecule has 0 saturated carbocycles. The molecule has 0 aromatic heterocycles. The molecule has 1 aliphatic heterocycles. The van der Waals surface area contributed by atoms with E-state index < -0.39 is 0 Å². The molecule has 1 aliphatic rings. The molecule has 2 rings (SSSR count). The van der Waals surface area contributed by atoms with Gasteiger partial charge in [-0.3, -0.25) is 4.79 Å². The number of nitrogens with zero attached hydrogens (tertiary/aromatic N) is 1. The minimum Gasteiger partial charge on any atom is -0.383 e. The van der Waals surface area contributed by atoms with Crippen LogP contribution in [0.1, 0.15) is 17.9 Å². The molecule has 1 aromatic rings. The van der Waals surface area contributed by atoms with Crippen LogP contribution in [-0.2, 0) is 9.53 Å². The van der Waals surface area contributed by atoms with Crippen molar-refractivity contribution in [2.45, 2.75) is 17.5 Å². The minimum absolute atomic E-state index is 0.0878. The Balaban J connectivity index is 2.22. The van der Waals surface area contributed by atoms with Gasteiger partial charge in [-0.15, -0.1) is 11.8 Å². The number of ether oxygens (including phenoxy) is 1. The largest absolute Gasteiger partial charge is 0.383 e. The van der Waals surface area contributed by atoms with Gasteiger partial charge in [-0.1, -0.05) is 12.1 Å². The Hall–Kier alpha value is -1.07. The molecule has 0 unspecified atom stereocenters. The van der Waals surface area contributed by atoms with Crippen LogP contribution in [0.4, 0.5) is 4.39 Å². The predicted octanol–water partition coefficient (Wildman–Crippen LogP) is 2.43. The fourth-order valence-electron chi connectivity index (χ4n) is 2.01. The summed E-state index contributed by atoms with van der Waals surface area (Å²) in [5.41, 5.74) is 0.828. The zero-order valence-corrected chi connectivity index (χ0v) is 11.2. The maximum Gasteiger partial charge on any atom is 0.236 e. The van der Waals surface area contributed by atoms with Crippen molar-refractivity contribution in [3.05, 3.63) is 35.6 Å². The smallest absolute Gasteiger partial charge is 0.236 e. The summed E-state index contributed by atoms with van der Waals surface area (Å²) in [5, 5.41) is -0.200. The lowest BCUT2D eigenvalue weighted by molar-refractivity contribution is -0.130. The Morgan fingerprint density at radius 2 is 2.28 bits per heavy atom. The Labute approximate surface area is 110 Å². The van der Waals surface area contributed by atoms with Gasteiger partial charge in [-0.25, -0.2) is 4.39 Å². The van der Waals surface area contributed by atoms with E-state index in [1.165, 1.54) is 12.1 Å². The standard InChI is InChI=1S/C13H16FNO2S/c1-9-12(16)15(6-7-17-2)13(18-9)10-4-3-5-11(14)8-10/h3-5,8-9,13H,6-7H2,1-2H3/t9-,13-/m0/s1. The molecule has 5 heteroatoms. The molecule has 2 atom stereocenters. The first-order valence-corrected chi connectivity index (χ1v) is 6.78. The van der Waals surface area contributed by atoms with E-state index in [0.717, 1.165) is 5.56 Å². The molecule has 0 bridgehead atoms. The molecule has 0 radical (unpaired) electrons. The second kappa shape index (κ2) is 5.71. The molecule has 0 aliphatic carbocycles. The third kappa shape index (κ3) is 2.67. The Kier molecular flexibility index (Phi) is 4.24. The van der Waals surface area contributed by atoms with Gasteiger partial charge in [0.15, 0.2) is 0 Å². The second-order valence-electron chi connectivity index (χ2n) is 4.21. The van der Waals surface area contributed by atoms with Crippen LogP contribution in [0.25, 0.3) is 0 Å². The van der Waals surface area contributed by atoms with Crippen LogP contribution < -0.4 is 0 Å². The lowest BCUT2D eigenvalue weighted by Crippen LogP contribution is -2.33. The maximum absolute atomic E-state index is 13.3. The van der Waals surface area contributed by atoms with E-state index in [1.54, 1.807) is 29.8 Å². The van der Waals surface area contributed by atoms with Crippen LogP contribution in [0, 0.1) is 5.82 Å². The van der Waals surface area contributed by atoms with Gasteiger partial charge in [0.1, 0.15) is 11.2 Å². The molecule has 1 saturated heterocycles. The number of hydrogen-bond donors (Lipinski definition) is 0. The molecule has 0 N–H and O–H groups in total. The third-order valence-electron chi connectivity index (χ3n) is 2.92. The van der Waals surface area contributed by atoms with Crippen molar-refractivity contribution in [2.75, 3.05) is 20.3 Å². The first kappa shape index (κ1) is 13.4. The maximum atomic E-state index is 13.3. The van der Waals surface area contributed by atoms with Crippen LogP contribution >= 0.6 is 11.8 Å². The Morgan fingerprint density at radius 1 is 1.50 bits per heavy atom. The number of halogens is 1. The summed E-state index contributed by atoms with van der Waals surface area (Å²) in [6.07, 6.45) is 0. The molecule has 1 heterocycles. The van der Waals surface area contributed by atoms with Gasteiger partial charge < -0.3 is 9.64 Å². The number of thioether (sulfide) groups is 1. The number of carbonyl (C=O) groups is 1. The highest BCUT2D eigenvalue weighted by Gasteiger charge is 2.38. The van der Waals surface area contributed by atoms with E-state index in [1.807, 2.05) is 13.0 Å². The normalized spacial score (nSPS) is 23.7. The van der Waals surface area contributed by atoms with Gasteiger partial charge in [-0.2, -0.15) is 0 Å². The predicted molar refractivity (Wildman–Crippen MR) is 69.8 cm³/mol. The zero-order valence-electron chi connectivity index (χ0n) is 10.4. The van der Waals surface area contributed by atoms with Crippen molar-refractivity contribution >= 4 is 17.7 Å². The molecule has 1 amide bonds. The van der Waals surface area contributed by atoms with Gasteiger partial charge in [0.25, 0.3) is 0 Å². The van der Waals surface area contributed by atoms with Crippen LogP contribution in [0.15, 0.2) is 24.3 Å². The average molecular weight is 269 g/mol. The topological polar surface area (TPSA) is 29.5 Å². The van der Waals surface area contributed by atoms with Crippen molar-refractivity contribution < 1.29 is 13.9 Å². The molecular weight excluding hydrogens is 253 g/mol. The monoisotopic (exact) mass is 269 g/mol. The van der Waals surface area contributed by atoms with Crippen molar-refractivity contribution in [1.82, 2.24) is 4.90 Å². The third-order valence-corrected chi connectivity index (χ3v) is 4.31. The van der Waals surface area contributed by atoms with Crippen LogP contribution in [0.5, 0.6) is 0 Å². The van der Waals surface area contributed by atoms with Crippen molar-refractivity contribution in [2.24, 2.45) is 0 Å². The summed E-state index contributed by atoms with van der Waals surface area (Å²) >= 11 is 1.55. The average Bonchev–Trinajstić information content (AvgIpc) is 2.64. The number of methoxy groups -OCH3 is 1. The number of rotatable bonds is 4. The molecule has 98 valence electrons. The number of amides is 1. The van der Waals surface area contributed by atoms with E-state index in [2.05, 4.69) is 0 Å². The Bertz CT molecular complexity index is 441. The first-order chi connectivity index (χ1) is 8.63. The van der Waals surface area contributed by atoms with Crippen LogP contribution in [0.3, 0.4) is 0 Å². The first-order valence-electron chi connectivity index (χ1n) is 5.84. The van der Waals surface area contributed by atoms with Gasteiger partial charge >= 0.3 is 0 Å². The van der Waals surface area contributed by atoms with Crippen molar-refractivity contribution in [3.63, 3.8) is 0 Å². The fraction of sp³-hybridized carbons (Fsp3) is 0.462. The molecule has 3 nitrogen and oxygen atoms in total. The second-order valence-corrected chi connectivity index (χ2v) is 5.64. The lowest BCUT2D eigenvalue weighted by Gasteiger charge is -2.23. The number of carbonyl (C=O) groups excluding carboxylic acids is 1. The highest BCUT2D eigenvalue weighted by molar-refractivity contribution is 8.01. The molecule has 1 fully saturated rings. The molecule has 18 heavy (non-hydrogen) atoms. The summed E-state index contributed by atoms with van der Waals surface area (Å²) < 4.78 is 18.3. The van der Waals surface area contributed by atoms with Gasteiger partial charge in [-0.05, 0) is 24.6 Å². The highest BCUT2D eigenvalue weighted by Crippen LogP contribution is 2.42. The van der Waals surface area contributed by atoms with Crippen LogP contribution in [0.2, 0.25) is 0 Å². The number of benzene rings is 1. The number of hydrogen-bond acceptors (Lipinski definition) is 3. The summed E-state index contributed by atoms with van der Waals surface area (Å²) in [6, 6.07) is 6.43. The van der Waals surface area contributed by atoms with E-state index in [0.29, 0.717) is 13.2 Å². The van der Waals surface area contributed by atoms with Crippen LogP contribution in [-0.4, -0.2) is 36.3 Å². The molecule has 1 aromatic carbocycles. The Morgan fingerprint density at radius 3 is 2.94 bits per heavy atom. The summed E-state index contributed by atoms with van der Waals surface area (Å²) in [4.78, 5) is 13.8. The van der Waals surface area contributed by atoms with Gasteiger partial charge in [0, 0.05) is 13.7 Å². The van der Waals surface area contributed by atoms with Gasteiger partial charge in [0.05, 0.1) is 11.9 Å². The summed E-state index contributed by atoms with van der Waals surface area (Å²) in [5.74, 6) is -0.182. The van der Waals surface area contributed by atoms with E-state index >= 15 is 0 Å². The van der Waals surface area contributed by atoms with Crippen molar-refractivity contribution in [1.29, 1.82) is 0 Å². The van der Waals surface area contributed by atoms with E-state index in [4.69, 9.17) is 4.74 Å². The molecule has 0 spiro atoms. The zero-order chi connectivity index (χ0) is 13.1. The highest BCUT2D eigenvalue weighted by atomic mass is 32.2. The van der Waals surface area contributed by atoms with E-state index in [-0.39, 0.29) is 22.3 Å².